The molecule has 0 saturated heterocycles. The van der Waals surface area contributed by atoms with E-state index >= 15 is 0 Å². The molecule has 108 valence electrons. The molecule has 6 heteroatoms. The Kier molecular flexibility index (Phi) is 4.08. The Morgan fingerprint density at radius 3 is 2.62 bits per heavy atom. The molecule has 0 aliphatic heterocycles. The van der Waals surface area contributed by atoms with Crippen molar-refractivity contribution >= 4 is 17.4 Å². The van der Waals surface area contributed by atoms with Gasteiger partial charge < -0.3 is 21.4 Å². The van der Waals surface area contributed by atoms with Crippen molar-refractivity contribution < 1.29 is 15.1 Å². The van der Waals surface area contributed by atoms with Gasteiger partial charge in [0.05, 0.1) is 5.56 Å². The molecular weight excluding hydrogens is 270 g/mol. The monoisotopic (exact) mass is 285 g/mol. The van der Waals surface area contributed by atoms with Crippen molar-refractivity contribution in [3.05, 3.63) is 59.2 Å². The maximum Gasteiger partial charge on any atom is 0.259 e. The predicted octanol–water partition coefficient (Wildman–Crippen LogP) is 2.05. The third kappa shape index (κ3) is 3.11. The number of amides is 1. The Hall–Kier alpha value is -3.02. The summed E-state index contributed by atoms with van der Waals surface area (Å²) in [6.07, 6.45) is 0. The summed E-state index contributed by atoms with van der Waals surface area (Å²) in [5.74, 6) is -0.582. The normalized spacial score (nSPS) is 11.2. The van der Waals surface area contributed by atoms with Crippen LogP contribution in [0.15, 0.2) is 47.6 Å². The van der Waals surface area contributed by atoms with Gasteiger partial charge in [-0.2, -0.15) is 0 Å². The molecule has 0 atom stereocenters. The Labute approximate surface area is 121 Å². The lowest BCUT2D eigenvalue weighted by Gasteiger charge is -2.11. The van der Waals surface area contributed by atoms with E-state index in [0.717, 1.165) is 5.56 Å². The van der Waals surface area contributed by atoms with Crippen LogP contribution in [-0.2, 0) is 0 Å². The van der Waals surface area contributed by atoms with E-state index in [2.05, 4.69) is 10.5 Å². The third-order valence-corrected chi connectivity index (χ3v) is 3.04. The molecule has 5 N–H and O–H groups in total. The summed E-state index contributed by atoms with van der Waals surface area (Å²) < 4.78 is 0. The Morgan fingerprint density at radius 1 is 1.24 bits per heavy atom. The van der Waals surface area contributed by atoms with Crippen LogP contribution in [-0.4, -0.2) is 22.1 Å². The molecule has 0 unspecified atom stereocenters. The number of aromatic hydroxyl groups is 1. The largest absolute Gasteiger partial charge is 0.507 e. The van der Waals surface area contributed by atoms with Crippen LogP contribution >= 0.6 is 0 Å². The van der Waals surface area contributed by atoms with Crippen molar-refractivity contribution in [2.45, 2.75) is 6.92 Å². The zero-order valence-corrected chi connectivity index (χ0v) is 11.4. The number of nitrogens with one attached hydrogen (secondary N) is 1. The number of nitrogens with zero attached hydrogens (tertiary/aromatic N) is 1. The van der Waals surface area contributed by atoms with E-state index in [1.54, 1.807) is 30.3 Å². The van der Waals surface area contributed by atoms with Crippen LogP contribution < -0.4 is 11.1 Å². The van der Waals surface area contributed by atoms with E-state index in [1.807, 2.05) is 6.92 Å². The number of amidine groups is 1. The number of rotatable bonds is 3. The molecule has 0 bridgehead atoms. The fourth-order valence-corrected chi connectivity index (χ4v) is 1.83. The minimum absolute atomic E-state index is 0.0481. The van der Waals surface area contributed by atoms with Gasteiger partial charge in [0.15, 0.2) is 5.84 Å². The predicted molar refractivity (Wildman–Crippen MR) is 79.7 cm³/mol. The van der Waals surface area contributed by atoms with Crippen molar-refractivity contribution in [3.8, 4) is 5.75 Å². The fraction of sp³-hybridized carbons (Fsp3) is 0.0667. The molecule has 1 amide bonds. The highest BCUT2D eigenvalue weighted by Gasteiger charge is 2.12. The molecule has 0 spiro atoms. The van der Waals surface area contributed by atoms with Crippen LogP contribution in [0.3, 0.4) is 0 Å². The lowest BCUT2D eigenvalue weighted by molar-refractivity contribution is 0.102. The summed E-state index contributed by atoms with van der Waals surface area (Å²) in [7, 11) is 0. The summed E-state index contributed by atoms with van der Waals surface area (Å²) in [6.45, 7) is 1.82. The topological polar surface area (TPSA) is 108 Å². The van der Waals surface area contributed by atoms with Crippen LogP contribution in [0.5, 0.6) is 5.75 Å². The van der Waals surface area contributed by atoms with Gasteiger partial charge >= 0.3 is 0 Å². The number of nitrogens with two attached hydrogens (primary N) is 1. The van der Waals surface area contributed by atoms with Gasteiger partial charge in [0.1, 0.15) is 5.75 Å². The molecule has 0 saturated carbocycles. The average Bonchev–Trinajstić information content (AvgIpc) is 2.49. The van der Waals surface area contributed by atoms with E-state index in [4.69, 9.17) is 10.9 Å². The average molecular weight is 285 g/mol. The number of carbonyl (C=O) groups is 1. The number of phenols is 1. The summed E-state index contributed by atoms with van der Waals surface area (Å²) in [5.41, 5.74) is 7.51. The first-order chi connectivity index (χ1) is 10.0. The summed E-state index contributed by atoms with van der Waals surface area (Å²) in [5, 5.41) is 24.0. The number of anilines is 1. The quantitative estimate of drug-likeness (QED) is 0.299. The van der Waals surface area contributed by atoms with E-state index in [0.29, 0.717) is 11.3 Å². The molecule has 0 heterocycles. The van der Waals surface area contributed by atoms with Gasteiger partial charge in [-0.05, 0) is 30.7 Å². The first kappa shape index (κ1) is 14.4. The molecule has 0 aliphatic rings. The van der Waals surface area contributed by atoms with E-state index in [-0.39, 0.29) is 17.1 Å². The van der Waals surface area contributed by atoms with E-state index in [1.165, 1.54) is 12.1 Å². The van der Waals surface area contributed by atoms with Gasteiger partial charge in [-0.1, -0.05) is 29.4 Å². The second kappa shape index (κ2) is 5.96. The van der Waals surface area contributed by atoms with Gasteiger partial charge in [0.25, 0.3) is 5.91 Å². The number of aryl methyl sites for hydroxylation is 1. The Bertz CT molecular complexity index is 711. The van der Waals surface area contributed by atoms with Crippen molar-refractivity contribution in [1.82, 2.24) is 0 Å². The number of benzene rings is 2. The zero-order valence-electron chi connectivity index (χ0n) is 11.4. The highest BCUT2D eigenvalue weighted by Crippen LogP contribution is 2.21. The lowest BCUT2D eigenvalue weighted by atomic mass is 10.1. The lowest BCUT2D eigenvalue weighted by Crippen LogP contribution is -2.16. The molecule has 0 fully saturated rings. The highest BCUT2D eigenvalue weighted by molar-refractivity contribution is 6.07. The number of para-hydroxylation sites is 1. The third-order valence-electron chi connectivity index (χ3n) is 3.04. The summed E-state index contributed by atoms with van der Waals surface area (Å²) in [4.78, 5) is 12.2. The molecule has 2 aromatic rings. The molecule has 21 heavy (non-hydrogen) atoms. The van der Waals surface area contributed by atoms with Crippen LogP contribution in [0.2, 0.25) is 0 Å². The van der Waals surface area contributed by atoms with Gasteiger partial charge in [-0.3, -0.25) is 4.79 Å². The molecular formula is C15H15N3O3. The van der Waals surface area contributed by atoms with Crippen molar-refractivity contribution in [2.75, 3.05) is 5.32 Å². The SMILES string of the molecule is Cc1ccc(C(N)=NO)cc1NC(=O)c1ccccc1O. The second-order valence-electron chi connectivity index (χ2n) is 4.49. The van der Waals surface area contributed by atoms with Gasteiger partial charge in [-0.25, -0.2) is 0 Å². The van der Waals surface area contributed by atoms with Gasteiger partial charge in [-0.15, -0.1) is 0 Å². The number of hydrogen-bond donors (Lipinski definition) is 4. The molecule has 2 aromatic carbocycles. The van der Waals surface area contributed by atoms with Gasteiger partial charge in [0.2, 0.25) is 0 Å². The molecule has 0 aromatic heterocycles. The first-order valence-electron chi connectivity index (χ1n) is 6.21. The summed E-state index contributed by atoms with van der Waals surface area (Å²) >= 11 is 0. The number of oxime groups is 1. The number of hydrogen-bond acceptors (Lipinski definition) is 4. The number of carbonyl (C=O) groups excluding carboxylic acids is 1. The molecule has 0 aliphatic carbocycles. The fourth-order valence-electron chi connectivity index (χ4n) is 1.83. The maximum absolute atomic E-state index is 12.2. The first-order valence-corrected chi connectivity index (χ1v) is 6.21. The minimum Gasteiger partial charge on any atom is -0.507 e. The minimum atomic E-state index is -0.437. The smallest absolute Gasteiger partial charge is 0.259 e. The van der Waals surface area contributed by atoms with Crippen molar-refractivity contribution in [1.29, 1.82) is 0 Å². The maximum atomic E-state index is 12.2. The summed E-state index contributed by atoms with van der Waals surface area (Å²) in [6, 6.07) is 11.3. The highest BCUT2D eigenvalue weighted by atomic mass is 16.4. The standard InChI is InChI=1S/C15H15N3O3/c1-9-6-7-10(14(16)18-21)8-12(9)17-15(20)11-4-2-3-5-13(11)19/h2-8,19,21H,1H3,(H2,16,18)(H,17,20). The molecule has 6 nitrogen and oxygen atoms in total. The number of phenolic OH excluding ortho intramolecular Hbond substituents is 1. The van der Waals surface area contributed by atoms with Crippen LogP contribution in [0.4, 0.5) is 5.69 Å². The van der Waals surface area contributed by atoms with Crippen LogP contribution in [0, 0.1) is 6.92 Å². The molecule has 0 radical (unpaired) electrons. The Balaban J connectivity index is 2.31. The van der Waals surface area contributed by atoms with E-state index in [9.17, 15) is 9.90 Å². The molecule has 2 rings (SSSR count). The van der Waals surface area contributed by atoms with Crippen molar-refractivity contribution in [3.63, 3.8) is 0 Å². The zero-order chi connectivity index (χ0) is 15.4. The second-order valence-corrected chi connectivity index (χ2v) is 4.49. The van der Waals surface area contributed by atoms with Crippen LogP contribution in [0.1, 0.15) is 21.5 Å². The Morgan fingerprint density at radius 2 is 1.95 bits per heavy atom. The van der Waals surface area contributed by atoms with Crippen LogP contribution in [0.25, 0.3) is 0 Å². The van der Waals surface area contributed by atoms with Crippen molar-refractivity contribution in [2.24, 2.45) is 10.9 Å². The van der Waals surface area contributed by atoms with Gasteiger partial charge in [0, 0.05) is 11.3 Å². The van der Waals surface area contributed by atoms with E-state index < -0.39 is 5.91 Å².